The molecule has 0 bridgehead atoms. The van der Waals surface area contributed by atoms with E-state index < -0.39 is 0 Å². The molecule has 0 radical (unpaired) electrons. The third-order valence-electron chi connectivity index (χ3n) is 3.93. The molecular weight excluding hydrogens is 286 g/mol. The van der Waals surface area contributed by atoms with Gasteiger partial charge >= 0.3 is 0 Å². The van der Waals surface area contributed by atoms with Crippen molar-refractivity contribution in [3.63, 3.8) is 0 Å². The zero-order chi connectivity index (χ0) is 14.4. The van der Waals surface area contributed by atoms with Crippen LogP contribution in [0.2, 0.25) is 5.02 Å². The summed E-state index contributed by atoms with van der Waals surface area (Å²) in [5.74, 6) is 1.39. The van der Waals surface area contributed by atoms with Crippen molar-refractivity contribution in [1.29, 1.82) is 0 Å². The van der Waals surface area contributed by atoms with E-state index in [9.17, 15) is 0 Å². The molecule has 3 aromatic rings. The molecule has 0 aliphatic carbocycles. The number of para-hydroxylation sites is 2. The summed E-state index contributed by atoms with van der Waals surface area (Å²) < 4.78 is 7.75. The Hall–Kier alpha value is -2.20. The number of benzene rings is 2. The molecule has 0 amide bonds. The highest BCUT2D eigenvalue weighted by atomic mass is 35.5. The molecule has 0 spiro atoms. The van der Waals surface area contributed by atoms with Crippen LogP contribution in [0, 0.1) is 0 Å². The quantitative estimate of drug-likeness (QED) is 0.746. The van der Waals surface area contributed by atoms with Crippen LogP contribution in [0.25, 0.3) is 11.0 Å². The summed E-state index contributed by atoms with van der Waals surface area (Å²) in [6, 6.07) is 13.8. The Bertz CT molecular complexity index is 828. The number of hydrogen-bond donors (Lipinski definition) is 1. The fraction of sp³-hybridized carbons (Fsp3) is 0.188. The van der Waals surface area contributed by atoms with Crippen molar-refractivity contribution < 1.29 is 4.74 Å². The Balaban J connectivity index is 1.98. The van der Waals surface area contributed by atoms with Crippen molar-refractivity contribution in [3.8, 4) is 5.75 Å². The van der Waals surface area contributed by atoms with Gasteiger partial charge in [0, 0.05) is 12.0 Å². The standard InChI is InChI=1S/C16H14ClN3O/c17-11-5-3-6-12-15(11)20(16(18)19-12)13-8-9-21-14-7-2-1-4-10(13)14/h1-7,13H,8-9H2,(H2,18,19). The van der Waals surface area contributed by atoms with E-state index in [1.807, 2.05) is 41.0 Å². The lowest BCUT2D eigenvalue weighted by Gasteiger charge is -2.28. The number of nitrogens with zero attached hydrogens (tertiary/aromatic N) is 2. The van der Waals surface area contributed by atoms with Crippen LogP contribution in [-0.4, -0.2) is 16.2 Å². The van der Waals surface area contributed by atoms with Gasteiger partial charge in [-0.1, -0.05) is 35.9 Å². The normalized spacial score (nSPS) is 17.5. The maximum Gasteiger partial charge on any atom is 0.201 e. The molecular formula is C16H14ClN3O. The van der Waals surface area contributed by atoms with E-state index in [-0.39, 0.29) is 6.04 Å². The minimum Gasteiger partial charge on any atom is -0.493 e. The average molecular weight is 300 g/mol. The second-order valence-electron chi connectivity index (χ2n) is 5.14. The number of aromatic nitrogens is 2. The average Bonchev–Trinajstić information content (AvgIpc) is 2.84. The topological polar surface area (TPSA) is 53.1 Å². The Morgan fingerprint density at radius 1 is 1.19 bits per heavy atom. The molecule has 1 aliphatic rings. The second kappa shape index (κ2) is 4.67. The first-order valence-electron chi connectivity index (χ1n) is 6.89. The van der Waals surface area contributed by atoms with Gasteiger partial charge < -0.3 is 15.0 Å². The van der Waals surface area contributed by atoms with Crippen molar-refractivity contribution >= 4 is 28.6 Å². The zero-order valence-electron chi connectivity index (χ0n) is 11.3. The summed E-state index contributed by atoms with van der Waals surface area (Å²) in [7, 11) is 0. The van der Waals surface area contributed by atoms with Gasteiger partial charge in [-0.15, -0.1) is 0 Å². The molecule has 5 heteroatoms. The largest absolute Gasteiger partial charge is 0.493 e. The van der Waals surface area contributed by atoms with E-state index in [1.54, 1.807) is 0 Å². The molecule has 1 unspecified atom stereocenters. The van der Waals surface area contributed by atoms with Crippen LogP contribution in [0.4, 0.5) is 5.95 Å². The maximum absolute atomic E-state index is 6.37. The van der Waals surface area contributed by atoms with Crippen molar-refractivity contribution in [2.24, 2.45) is 0 Å². The van der Waals surface area contributed by atoms with E-state index in [0.29, 0.717) is 17.6 Å². The maximum atomic E-state index is 6.37. The Kier molecular flexibility index (Phi) is 2.79. The molecule has 4 rings (SSSR count). The minimum absolute atomic E-state index is 0.0971. The molecule has 2 aromatic carbocycles. The van der Waals surface area contributed by atoms with Gasteiger partial charge in [0.25, 0.3) is 0 Å². The van der Waals surface area contributed by atoms with E-state index in [2.05, 4.69) is 11.1 Å². The van der Waals surface area contributed by atoms with Gasteiger partial charge in [0.05, 0.1) is 28.7 Å². The van der Waals surface area contributed by atoms with Crippen LogP contribution < -0.4 is 10.5 Å². The predicted molar refractivity (Wildman–Crippen MR) is 83.8 cm³/mol. The van der Waals surface area contributed by atoms with Crippen LogP contribution in [0.15, 0.2) is 42.5 Å². The first-order chi connectivity index (χ1) is 10.3. The monoisotopic (exact) mass is 299 g/mol. The second-order valence-corrected chi connectivity index (χ2v) is 5.55. The Labute approximate surface area is 127 Å². The summed E-state index contributed by atoms with van der Waals surface area (Å²) >= 11 is 6.37. The zero-order valence-corrected chi connectivity index (χ0v) is 12.0. The number of nitrogens with two attached hydrogens (primary N) is 1. The predicted octanol–water partition coefficient (Wildman–Crippen LogP) is 3.64. The lowest BCUT2D eigenvalue weighted by Crippen LogP contribution is -2.21. The molecule has 2 heterocycles. The van der Waals surface area contributed by atoms with Crippen molar-refractivity contribution in [2.45, 2.75) is 12.5 Å². The number of halogens is 1. The molecule has 1 aliphatic heterocycles. The summed E-state index contributed by atoms with van der Waals surface area (Å²) in [4.78, 5) is 4.44. The number of rotatable bonds is 1. The van der Waals surface area contributed by atoms with Crippen molar-refractivity contribution in [1.82, 2.24) is 9.55 Å². The third kappa shape index (κ3) is 1.87. The number of hydrogen-bond acceptors (Lipinski definition) is 3. The number of fused-ring (bicyclic) bond motifs is 2. The molecule has 1 aromatic heterocycles. The van der Waals surface area contributed by atoms with Crippen LogP contribution in [0.1, 0.15) is 18.0 Å². The summed E-state index contributed by atoms with van der Waals surface area (Å²) in [5, 5.41) is 0.667. The van der Waals surface area contributed by atoms with Gasteiger partial charge in [-0.3, -0.25) is 0 Å². The molecule has 106 valence electrons. The van der Waals surface area contributed by atoms with Crippen LogP contribution in [0.3, 0.4) is 0 Å². The molecule has 2 N–H and O–H groups in total. The molecule has 0 saturated carbocycles. The van der Waals surface area contributed by atoms with Gasteiger partial charge in [0.15, 0.2) is 0 Å². The van der Waals surface area contributed by atoms with Crippen LogP contribution >= 0.6 is 11.6 Å². The van der Waals surface area contributed by atoms with Crippen LogP contribution in [0.5, 0.6) is 5.75 Å². The lowest BCUT2D eigenvalue weighted by atomic mass is 10.00. The summed E-state index contributed by atoms with van der Waals surface area (Å²) in [5.41, 5.74) is 8.99. The number of imidazole rings is 1. The first kappa shape index (κ1) is 12.5. The highest BCUT2D eigenvalue weighted by Crippen LogP contribution is 2.39. The molecule has 1 atom stereocenters. The molecule has 0 saturated heterocycles. The number of nitrogen functional groups attached to an aromatic ring is 1. The molecule has 0 fully saturated rings. The highest BCUT2D eigenvalue weighted by molar-refractivity contribution is 6.35. The number of anilines is 1. The first-order valence-corrected chi connectivity index (χ1v) is 7.27. The fourth-order valence-corrected chi connectivity index (χ4v) is 3.29. The van der Waals surface area contributed by atoms with Gasteiger partial charge in [0.2, 0.25) is 5.95 Å². The fourth-order valence-electron chi connectivity index (χ4n) is 3.03. The van der Waals surface area contributed by atoms with Gasteiger partial charge in [-0.05, 0) is 18.2 Å². The van der Waals surface area contributed by atoms with Gasteiger partial charge in [0.1, 0.15) is 5.75 Å². The van der Waals surface area contributed by atoms with Gasteiger partial charge in [-0.2, -0.15) is 0 Å². The van der Waals surface area contributed by atoms with Crippen molar-refractivity contribution in [2.75, 3.05) is 12.3 Å². The van der Waals surface area contributed by atoms with Crippen LogP contribution in [-0.2, 0) is 0 Å². The lowest BCUT2D eigenvalue weighted by molar-refractivity contribution is 0.259. The Morgan fingerprint density at radius 3 is 2.95 bits per heavy atom. The van der Waals surface area contributed by atoms with Gasteiger partial charge in [-0.25, -0.2) is 4.98 Å². The SMILES string of the molecule is Nc1nc2cccc(Cl)c2n1C1CCOc2ccccc21. The number of ether oxygens (including phenoxy) is 1. The third-order valence-corrected chi connectivity index (χ3v) is 4.23. The Morgan fingerprint density at radius 2 is 2.05 bits per heavy atom. The summed E-state index contributed by atoms with van der Waals surface area (Å²) in [6.07, 6.45) is 0.845. The summed E-state index contributed by atoms with van der Waals surface area (Å²) in [6.45, 7) is 0.658. The molecule has 21 heavy (non-hydrogen) atoms. The van der Waals surface area contributed by atoms with E-state index in [4.69, 9.17) is 22.1 Å². The van der Waals surface area contributed by atoms with E-state index in [0.717, 1.165) is 28.8 Å². The van der Waals surface area contributed by atoms with E-state index >= 15 is 0 Å². The minimum atomic E-state index is 0.0971. The van der Waals surface area contributed by atoms with E-state index in [1.165, 1.54) is 0 Å². The smallest absolute Gasteiger partial charge is 0.201 e. The highest BCUT2D eigenvalue weighted by Gasteiger charge is 2.26. The molecule has 4 nitrogen and oxygen atoms in total. The van der Waals surface area contributed by atoms with Crippen molar-refractivity contribution in [3.05, 3.63) is 53.1 Å².